The molecule has 0 saturated carbocycles. The minimum absolute atomic E-state index is 0.110. The van der Waals surface area contributed by atoms with E-state index < -0.39 is 10.0 Å². The van der Waals surface area contributed by atoms with Crippen LogP contribution in [0.3, 0.4) is 0 Å². The number of hydrogen-bond acceptors (Lipinski definition) is 5. The standard InChI is InChI=1S/C20H24N2O4S2/c1-16-2-4-17(5-3-16)14-27-15-20(23)21-18-6-8-19(9-7-18)28(24,25)22-10-12-26-13-11-22/h2-9H,10-15H2,1H3,(H,21,23). The molecular weight excluding hydrogens is 396 g/mol. The summed E-state index contributed by atoms with van der Waals surface area (Å²) in [7, 11) is -3.52. The van der Waals surface area contributed by atoms with E-state index in [1.807, 2.05) is 6.92 Å². The second-order valence-corrected chi connectivity index (χ2v) is 9.49. The SMILES string of the molecule is Cc1ccc(CSCC(=O)Nc2ccc(S(=O)(=O)N3CCOCC3)cc2)cc1. The van der Waals surface area contributed by atoms with Crippen molar-refractivity contribution in [1.82, 2.24) is 4.31 Å². The molecular formula is C20H24N2O4S2. The molecule has 0 atom stereocenters. The van der Waals surface area contributed by atoms with E-state index in [1.54, 1.807) is 12.1 Å². The number of hydrogen-bond donors (Lipinski definition) is 1. The summed E-state index contributed by atoms with van der Waals surface area (Å²) in [6.07, 6.45) is 0. The fraction of sp³-hybridized carbons (Fsp3) is 0.350. The molecule has 6 nitrogen and oxygen atoms in total. The molecule has 150 valence electrons. The highest BCUT2D eigenvalue weighted by Crippen LogP contribution is 2.20. The Morgan fingerprint density at radius 2 is 1.71 bits per heavy atom. The van der Waals surface area contributed by atoms with E-state index in [2.05, 4.69) is 29.6 Å². The number of anilines is 1. The van der Waals surface area contributed by atoms with Crippen molar-refractivity contribution in [2.45, 2.75) is 17.6 Å². The summed E-state index contributed by atoms with van der Waals surface area (Å²) < 4.78 is 31.8. The van der Waals surface area contributed by atoms with Crippen LogP contribution in [0.2, 0.25) is 0 Å². The van der Waals surface area contributed by atoms with Gasteiger partial charge in [-0.2, -0.15) is 4.31 Å². The van der Waals surface area contributed by atoms with E-state index >= 15 is 0 Å². The molecule has 28 heavy (non-hydrogen) atoms. The third kappa shape index (κ3) is 5.57. The maximum absolute atomic E-state index is 12.6. The predicted octanol–water partition coefficient (Wildman–Crippen LogP) is 2.89. The Bertz CT molecular complexity index is 891. The van der Waals surface area contributed by atoms with Crippen LogP contribution < -0.4 is 5.32 Å². The summed E-state index contributed by atoms with van der Waals surface area (Å²) in [6, 6.07) is 14.5. The number of thioether (sulfide) groups is 1. The van der Waals surface area contributed by atoms with E-state index in [-0.39, 0.29) is 10.8 Å². The fourth-order valence-electron chi connectivity index (χ4n) is 2.79. The van der Waals surface area contributed by atoms with E-state index in [1.165, 1.54) is 39.3 Å². The van der Waals surface area contributed by atoms with Crippen LogP contribution in [0, 0.1) is 6.92 Å². The molecule has 1 aliphatic rings. The highest BCUT2D eigenvalue weighted by atomic mass is 32.2. The van der Waals surface area contributed by atoms with Crippen LogP contribution in [0.1, 0.15) is 11.1 Å². The normalized spacial score (nSPS) is 15.3. The first-order valence-corrected chi connectivity index (χ1v) is 11.7. The molecule has 0 bridgehead atoms. The molecule has 1 saturated heterocycles. The molecule has 0 radical (unpaired) electrons. The first-order chi connectivity index (χ1) is 13.4. The minimum atomic E-state index is -3.52. The second kappa shape index (κ2) is 9.56. The van der Waals surface area contributed by atoms with Crippen molar-refractivity contribution >= 4 is 33.4 Å². The largest absolute Gasteiger partial charge is 0.379 e. The molecule has 2 aromatic carbocycles. The number of benzene rings is 2. The Hall–Kier alpha value is -1.87. The lowest BCUT2D eigenvalue weighted by Crippen LogP contribution is -2.40. The molecule has 3 rings (SSSR count). The molecule has 1 heterocycles. The Labute approximate surface area is 170 Å². The highest BCUT2D eigenvalue weighted by molar-refractivity contribution is 7.99. The van der Waals surface area contributed by atoms with E-state index in [9.17, 15) is 13.2 Å². The lowest BCUT2D eigenvalue weighted by Gasteiger charge is -2.26. The summed E-state index contributed by atoms with van der Waals surface area (Å²) in [6.45, 7) is 3.58. The van der Waals surface area contributed by atoms with Crippen LogP contribution in [-0.4, -0.2) is 50.7 Å². The van der Waals surface area contributed by atoms with Crippen molar-refractivity contribution < 1.29 is 17.9 Å². The van der Waals surface area contributed by atoms with Crippen LogP contribution >= 0.6 is 11.8 Å². The van der Waals surface area contributed by atoms with Gasteiger partial charge in [-0.1, -0.05) is 29.8 Å². The topological polar surface area (TPSA) is 75.7 Å². The number of sulfonamides is 1. The molecule has 0 aromatic heterocycles. The lowest BCUT2D eigenvalue weighted by atomic mass is 10.2. The number of nitrogens with zero attached hydrogens (tertiary/aromatic N) is 1. The van der Waals surface area contributed by atoms with Gasteiger partial charge in [0, 0.05) is 24.5 Å². The third-order valence-corrected chi connectivity index (χ3v) is 7.29. The van der Waals surface area contributed by atoms with Crippen LogP contribution in [0.15, 0.2) is 53.4 Å². The molecule has 1 amide bonds. The Morgan fingerprint density at radius 1 is 1.07 bits per heavy atom. The zero-order valence-corrected chi connectivity index (χ0v) is 17.4. The van der Waals surface area contributed by atoms with Gasteiger partial charge in [0.25, 0.3) is 0 Å². The first-order valence-electron chi connectivity index (χ1n) is 9.06. The van der Waals surface area contributed by atoms with Gasteiger partial charge >= 0.3 is 0 Å². The van der Waals surface area contributed by atoms with Gasteiger partial charge in [-0.3, -0.25) is 4.79 Å². The van der Waals surface area contributed by atoms with Gasteiger partial charge in [0.1, 0.15) is 0 Å². The van der Waals surface area contributed by atoms with Crippen LogP contribution in [0.4, 0.5) is 5.69 Å². The molecule has 1 N–H and O–H groups in total. The number of ether oxygens (including phenoxy) is 1. The van der Waals surface area contributed by atoms with Crippen molar-refractivity contribution in [3.8, 4) is 0 Å². The number of carbonyl (C=O) groups excluding carboxylic acids is 1. The fourth-order valence-corrected chi connectivity index (χ4v) is 4.98. The van der Waals surface area contributed by atoms with Crippen molar-refractivity contribution in [1.29, 1.82) is 0 Å². The number of nitrogens with one attached hydrogen (secondary N) is 1. The van der Waals surface area contributed by atoms with E-state index in [4.69, 9.17) is 4.74 Å². The van der Waals surface area contributed by atoms with Gasteiger partial charge in [0.15, 0.2) is 0 Å². The third-order valence-electron chi connectivity index (χ3n) is 4.37. The zero-order valence-electron chi connectivity index (χ0n) is 15.8. The first kappa shape index (κ1) is 20.9. The van der Waals surface area contributed by atoms with Crippen LogP contribution in [-0.2, 0) is 25.3 Å². The number of carbonyl (C=O) groups is 1. The van der Waals surface area contributed by atoms with Gasteiger partial charge in [0.05, 0.1) is 23.9 Å². The summed E-state index contributed by atoms with van der Waals surface area (Å²) in [4.78, 5) is 12.3. The number of rotatable bonds is 7. The Morgan fingerprint density at radius 3 is 2.36 bits per heavy atom. The van der Waals surface area contributed by atoms with Gasteiger partial charge in [-0.15, -0.1) is 11.8 Å². The molecule has 8 heteroatoms. The zero-order chi connectivity index (χ0) is 20.0. The monoisotopic (exact) mass is 420 g/mol. The molecule has 1 aliphatic heterocycles. The van der Waals surface area contributed by atoms with E-state index in [0.717, 1.165) is 5.75 Å². The van der Waals surface area contributed by atoms with Gasteiger partial charge in [-0.25, -0.2) is 8.42 Å². The molecule has 0 aliphatic carbocycles. The summed E-state index contributed by atoms with van der Waals surface area (Å²) >= 11 is 1.54. The molecule has 0 unspecified atom stereocenters. The summed E-state index contributed by atoms with van der Waals surface area (Å²) in [5.74, 6) is 0.993. The Balaban J connectivity index is 1.50. The highest BCUT2D eigenvalue weighted by Gasteiger charge is 2.26. The molecule has 1 fully saturated rings. The number of amides is 1. The summed E-state index contributed by atoms with van der Waals surface area (Å²) in [5, 5.41) is 2.81. The quantitative estimate of drug-likeness (QED) is 0.745. The maximum Gasteiger partial charge on any atom is 0.243 e. The van der Waals surface area contributed by atoms with Gasteiger partial charge < -0.3 is 10.1 Å². The van der Waals surface area contributed by atoms with E-state index in [0.29, 0.717) is 37.7 Å². The van der Waals surface area contributed by atoms with Crippen molar-refractivity contribution in [2.75, 3.05) is 37.4 Å². The lowest BCUT2D eigenvalue weighted by molar-refractivity contribution is -0.113. The molecule has 0 spiro atoms. The number of morpholine rings is 1. The van der Waals surface area contributed by atoms with Crippen molar-refractivity contribution in [3.05, 3.63) is 59.7 Å². The minimum Gasteiger partial charge on any atom is -0.379 e. The summed E-state index contributed by atoms with van der Waals surface area (Å²) in [5.41, 5.74) is 2.98. The van der Waals surface area contributed by atoms with Gasteiger partial charge in [0.2, 0.25) is 15.9 Å². The van der Waals surface area contributed by atoms with Gasteiger partial charge in [-0.05, 0) is 36.8 Å². The van der Waals surface area contributed by atoms with Crippen molar-refractivity contribution in [2.24, 2.45) is 0 Å². The average Bonchev–Trinajstić information content (AvgIpc) is 2.70. The smallest absolute Gasteiger partial charge is 0.243 e. The number of aryl methyl sites for hydroxylation is 1. The van der Waals surface area contributed by atoms with Crippen LogP contribution in [0.5, 0.6) is 0 Å². The molecule has 2 aromatic rings. The maximum atomic E-state index is 12.6. The van der Waals surface area contributed by atoms with Crippen molar-refractivity contribution in [3.63, 3.8) is 0 Å². The second-order valence-electron chi connectivity index (χ2n) is 6.57. The Kier molecular flexibility index (Phi) is 7.12. The predicted molar refractivity (Wildman–Crippen MR) is 112 cm³/mol. The average molecular weight is 421 g/mol. The van der Waals surface area contributed by atoms with Crippen LogP contribution in [0.25, 0.3) is 0 Å².